The molecule has 0 saturated heterocycles. The van der Waals surface area contributed by atoms with Gasteiger partial charge in [0.25, 0.3) is 0 Å². The molecular weight excluding hydrogens is 227 g/mol. The standard InChI is InChI=1S/C7H15IO/c1-6(2)4-7(5-8)9-3/h6-7H,4-5H2,1-3H3. The summed E-state index contributed by atoms with van der Waals surface area (Å²) in [6.07, 6.45) is 1.64. The lowest BCUT2D eigenvalue weighted by Crippen LogP contribution is -2.14. The van der Waals surface area contributed by atoms with Crippen molar-refractivity contribution in [1.29, 1.82) is 0 Å². The minimum Gasteiger partial charge on any atom is -0.381 e. The molecule has 0 spiro atoms. The van der Waals surface area contributed by atoms with E-state index in [-0.39, 0.29) is 0 Å². The van der Waals surface area contributed by atoms with E-state index in [2.05, 4.69) is 36.4 Å². The fourth-order valence-electron chi connectivity index (χ4n) is 0.748. The second kappa shape index (κ2) is 5.47. The van der Waals surface area contributed by atoms with E-state index in [0.29, 0.717) is 6.10 Å². The summed E-state index contributed by atoms with van der Waals surface area (Å²) in [4.78, 5) is 0. The second-order valence-electron chi connectivity index (χ2n) is 2.64. The van der Waals surface area contributed by atoms with Crippen molar-refractivity contribution in [2.45, 2.75) is 26.4 Å². The molecule has 0 fully saturated rings. The van der Waals surface area contributed by atoms with E-state index in [9.17, 15) is 0 Å². The van der Waals surface area contributed by atoms with Crippen LogP contribution in [0.1, 0.15) is 20.3 Å². The number of ether oxygens (including phenoxy) is 1. The Kier molecular flexibility index (Phi) is 5.89. The Morgan fingerprint density at radius 1 is 1.44 bits per heavy atom. The third kappa shape index (κ3) is 5.15. The first kappa shape index (κ1) is 9.69. The summed E-state index contributed by atoms with van der Waals surface area (Å²) in [5.41, 5.74) is 0. The van der Waals surface area contributed by atoms with Crippen molar-refractivity contribution < 1.29 is 4.74 Å². The smallest absolute Gasteiger partial charge is 0.0663 e. The Balaban J connectivity index is 3.31. The maximum atomic E-state index is 5.20. The third-order valence-electron chi connectivity index (χ3n) is 1.24. The van der Waals surface area contributed by atoms with Crippen LogP contribution >= 0.6 is 22.6 Å². The van der Waals surface area contributed by atoms with Crippen LogP contribution < -0.4 is 0 Å². The lowest BCUT2D eigenvalue weighted by molar-refractivity contribution is 0.106. The normalized spacial score (nSPS) is 14.3. The molecule has 0 rings (SSSR count). The first-order chi connectivity index (χ1) is 4.20. The third-order valence-corrected chi connectivity index (χ3v) is 2.22. The largest absolute Gasteiger partial charge is 0.381 e. The van der Waals surface area contributed by atoms with Crippen LogP contribution in [0.15, 0.2) is 0 Å². The van der Waals surface area contributed by atoms with Gasteiger partial charge in [-0.1, -0.05) is 36.4 Å². The highest BCUT2D eigenvalue weighted by Gasteiger charge is 2.06. The summed E-state index contributed by atoms with van der Waals surface area (Å²) in [7, 11) is 1.78. The van der Waals surface area contributed by atoms with Crippen molar-refractivity contribution in [3.05, 3.63) is 0 Å². The van der Waals surface area contributed by atoms with E-state index < -0.39 is 0 Å². The molecule has 9 heavy (non-hydrogen) atoms. The fourth-order valence-corrected chi connectivity index (χ4v) is 1.47. The first-order valence-electron chi connectivity index (χ1n) is 3.29. The van der Waals surface area contributed by atoms with E-state index in [1.54, 1.807) is 7.11 Å². The van der Waals surface area contributed by atoms with Gasteiger partial charge in [0.15, 0.2) is 0 Å². The summed E-state index contributed by atoms with van der Waals surface area (Å²) in [6.45, 7) is 4.44. The average Bonchev–Trinajstić information content (AvgIpc) is 1.82. The molecule has 0 aromatic heterocycles. The topological polar surface area (TPSA) is 9.23 Å². The lowest BCUT2D eigenvalue weighted by Gasteiger charge is -2.13. The number of rotatable bonds is 4. The molecule has 2 heteroatoms. The molecule has 56 valence electrons. The summed E-state index contributed by atoms with van der Waals surface area (Å²) >= 11 is 2.36. The number of halogens is 1. The molecule has 1 atom stereocenters. The van der Waals surface area contributed by atoms with Crippen LogP contribution in [0, 0.1) is 5.92 Å². The van der Waals surface area contributed by atoms with Crippen LogP contribution in [0.3, 0.4) is 0 Å². The van der Waals surface area contributed by atoms with Crippen molar-refractivity contribution in [1.82, 2.24) is 0 Å². The van der Waals surface area contributed by atoms with Gasteiger partial charge < -0.3 is 4.74 Å². The van der Waals surface area contributed by atoms with Crippen LogP contribution in [0.2, 0.25) is 0 Å². The van der Waals surface area contributed by atoms with Crippen molar-refractivity contribution in [3.63, 3.8) is 0 Å². The van der Waals surface area contributed by atoms with Gasteiger partial charge in [-0.2, -0.15) is 0 Å². The quantitative estimate of drug-likeness (QED) is 0.543. The van der Waals surface area contributed by atoms with Crippen LogP contribution in [0.4, 0.5) is 0 Å². The van der Waals surface area contributed by atoms with Crippen LogP contribution in [0.25, 0.3) is 0 Å². The van der Waals surface area contributed by atoms with Gasteiger partial charge in [0.1, 0.15) is 0 Å². The van der Waals surface area contributed by atoms with Gasteiger partial charge in [0.2, 0.25) is 0 Å². The predicted molar refractivity (Wildman–Crippen MR) is 49.1 cm³/mol. The van der Waals surface area contributed by atoms with Crippen molar-refractivity contribution in [2.24, 2.45) is 5.92 Å². The molecule has 0 N–H and O–H groups in total. The minimum atomic E-state index is 0.464. The van der Waals surface area contributed by atoms with Crippen molar-refractivity contribution in [3.8, 4) is 0 Å². The number of hydrogen-bond donors (Lipinski definition) is 0. The van der Waals surface area contributed by atoms with Gasteiger partial charge in [-0.05, 0) is 12.3 Å². The fraction of sp³-hybridized carbons (Fsp3) is 1.00. The predicted octanol–water partition coefficient (Wildman–Crippen LogP) is 2.48. The van der Waals surface area contributed by atoms with E-state index in [1.165, 1.54) is 6.42 Å². The molecular formula is C7H15IO. The zero-order valence-corrected chi connectivity index (χ0v) is 8.51. The van der Waals surface area contributed by atoms with Crippen molar-refractivity contribution >= 4 is 22.6 Å². The SMILES string of the molecule is COC(CI)CC(C)C. The molecule has 0 aromatic rings. The summed E-state index contributed by atoms with van der Waals surface area (Å²) in [5.74, 6) is 0.754. The maximum absolute atomic E-state index is 5.20. The number of hydrogen-bond acceptors (Lipinski definition) is 1. The van der Waals surface area contributed by atoms with Gasteiger partial charge in [-0.3, -0.25) is 0 Å². The minimum absolute atomic E-state index is 0.464. The summed E-state index contributed by atoms with van der Waals surface area (Å²) in [6, 6.07) is 0. The summed E-state index contributed by atoms with van der Waals surface area (Å²) in [5, 5.41) is 0. The monoisotopic (exact) mass is 242 g/mol. The Morgan fingerprint density at radius 3 is 2.11 bits per heavy atom. The second-order valence-corrected chi connectivity index (χ2v) is 3.52. The van der Waals surface area contributed by atoms with E-state index in [1.807, 2.05) is 0 Å². The van der Waals surface area contributed by atoms with Gasteiger partial charge in [-0.15, -0.1) is 0 Å². The van der Waals surface area contributed by atoms with Crippen LogP contribution in [-0.2, 0) is 4.74 Å². The van der Waals surface area contributed by atoms with Gasteiger partial charge in [0.05, 0.1) is 6.10 Å². The average molecular weight is 242 g/mol. The summed E-state index contributed by atoms with van der Waals surface area (Å²) < 4.78 is 6.31. The lowest BCUT2D eigenvalue weighted by atomic mass is 10.1. The molecule has 0 aliphatic heterocycles. The van der Waals surface area contributed by atoms with E-state index in [4.69, 9.17) is 4.74 Å². The highest BCUT2D eigenvalue weighted by Crippen LogP contribution is 2.09. The molecule has 0 saturated carbocycles. The van der Waals surface area contributed by atoms with Gasteiger partial charge in [-0.25, -0.2) is 0 Å². The van der Waals surface area contributed by atoms with Crippen LogP contribution in [0.5, 0.6) is 0 Å². The molecule has 0 amide bonds. The van der Waals surface area contributed by atoms with E-state index in [0.717, 1.165) is 10.3 Å². The molecule has 0 aromatic carbocycles. The Labute approximate surface area is 71.3 Å². The molecule has 0 aliphatic carbocycles. The zero-order valence-electron chi connectivity index (χ0n) is 6.36. The Morgan fingerprint density at radius 2 is 2.00 bits per heavy atom. The number of alkyl halides is 1. The molecule has 0 radical (unpaired) electrons. The highest BCUT2D eigenvalue weighted by molar-refractivity contribution is 14.1. The molecule has 0 aliphatic rings. The number of methoxy groups -OCH3 is 1. The maximum Gasteiger partial charge on any atom is 0.0663 e. The van der Waals surface area contributed by atoms with E-state index >= 15 is 0 Å². The first-order valence-corrected chi connectivity index (χ1v) is 4.82. The molecule has 0 bridgehead atoms. The zero-order chi connectivity index (χ0) is 7.28. The van der Waals surface area contributed by atoms with Crippen LogP contribution in [-0.4, -0.2) is 17.6 Å². The Hall–Kier alpha value is 0.690. The molecule has 0 heterocycles. The highest BCUT2D eigenvalue weighted by atomic mass is 127. The molecule has 1 nitrogen and oxygen atoms in total. The Bertz CT molecular complexity index is 59.9. The van der Waals surface area contributed by atoms with Crippen molar-refractivity contribution in [2.75, 3.05) is 11.5 Å². The molecule has 1 unspecified atom stereocenters. The van der Waals surface area contributed by atoms with Gasteiger partial charge in [0, 0.05) is 11.5 Å². The van der Waals surface area contributed by atoms with Gasteiger partial charge >= 0.3 is 0 Å².